The molecule has 2 aliphatic heterocycles. The Hall–Kier alpha value is -1.55. The van der Waals surface area contributed by atoms with Crippen LogP contribution >= 0.6 is 0 Å². The van der Waals surface area contributed by atoms with Gasteiger partial charge in [0.2, 0.25) is 5.91 Å². The Balaban J connectivity index is 1.49. The lowest BCUT2D eigenvalue weighted by atomic mass is 9.95. The fourth-order valence-electron chi connectivity index (χ4n) is 3.48. The van der Waals surface area contributed by atoms with Crippen LogP contribution in [0.25, 0.3) is 0 Å². The largest absolute Gasteiger partial charge is 0.399 e. The molecule has 0 aromatic heterocycles. The molecule has 2 saturated heterocycles. The lowest BCUT2D eigenvalue weighted by Crippen LogP contribution is -2.41. The molecule has 1 amide bonds. The van der Waals surface area contributed by atoms with Gasteiger partial charge in [-0.3, -0.25) is 9.69 Å². The summed E-state index contributed by atoms with van der Waals surface area (Å²) in [7, 11) is 0. The normalized spacial score (nSPS) is 20.9. The van der Waals surface area contributed by atoms with E-state index in [1.165, 1.54) is 18.4 Å². The van der Waals surface area contributed by atoms with Crippen LogP contribution < -0.4 is 5.73 Å². The number of hydrogen-bond acceptors (Lipinski definition) is 3. The number of benzene rings is 1. The first-order valence-corrected chi connectivity index (χ1v) is 8.08. The standard InChI is InChI=1S/C17H25N3O/c18-16-5-3-4-14(12-16)13-19-10-6-15(7-11-19)17(21)20-8-1-2-9-20/h3-5,12,15H,1-2,6-11,13,18H2. The molecular formula is C17H25N3O. The second kappa shape index (κ2) is 6.48. The van der Waals surface area contributed by atoms with E-state index in [0.717, 1.165) is 51.3 Å². The summed E-state index contributed by atoms with van der Waals surface area (Å²) >= 11 is 0. The molecule has 0 aliphatic carbocycles. The molecule has 3 rings (SSSR count). The van der Waals surface area contributed by atoms with Crippen LogP contribution in [0.4, 0.5) is 5.69 Å². The molecule has 4 nitrogen and oxygen atoms in total. The zero-order chi connectivity index (χ0) is 14.7. The summed E-state index contributed by atoms with van der Waals surface area (Å²) < 4.78 is 0. The molecule has 114 valence electrons. The van der Waals surface area contributed by atoms with Gasteiger partial charge in [-0.15, -0.1) is 0 Å². The van der Waals surface area contributed by atoms with E-state index < -0.39 is 0 Å². The number of carbonyl (C=O) groups excluding carboxylic acids is 1. The number of piperidine rings is 1. The van der Waals surface area contributed by atoms with Crippen molar-refractivity contribution in [1.29, 1.82) is 0 Å². The molecule has 0 bridgehead atoms. The molecule has 0 unspecified atom stereocenters. The van der Waals surface area contributed by atoms with Gasteiger partial charge in [0.15, 0.2) is 0 Å². The number of rotatable bonds is 3. The predicted octanol–water partition coefficient (Wildman–Crippen LogP) is 2.10. The average molecular weight is 287 g/mol. The van der Waals surface area contributed by atoms with Crippen LogP contribution in [0.1, 0.15) is 31.2 Å². The van der Waals surface area contributed by atoms with Crippen LogP contribution in [0.15, 0.2) is 24.3 Å². The highest BCUT2D eigenvalue weighted by molar-refractivity contribution is 5.79. The second-order valence-corrected chi connectivity index (χ2v) is 6.33. The van der Waals surface area contributed by atoms with Crippen molar-refractivity contribution in [2.75, 3.05) is 31.9 Å². The number of likely N-dealkylation sites (tertiary alicyclic amines) is 2. The fourth-order valence-corrected chi connectivity index (χ4v) is 3.48. The van der Waals surface area contributed by atoms with Crippen LogP contribution in [-0.4, -0.2) is 41.9 Å². The van der Waals surface area contributed by atoms with Crippen molar-refractivity contribution >= 4 is 11.6 Å². The molecule has 2 aliphatic rings. The minimum Gasteiger partial charge on any atom is -0.399 e. The summed E-state index contributed by atoms with van der Waals surface area (Å²) in [4.78, 5) is 16.9. The van der Waals surface area contributed by atoms with Crippen molar-refractivity contribution in [3.8, 4) is 0 Å². The summed E-state index contributed by atoms with van der Waals surface area (Å²) in [5.74, 6) is 0.649. The Kier molecular flexibility index (Phi) is 4.44. The number of nitrogens with zero attached hydrogens (tertiary/aromatic N) is 2. The maximum Gasteiger partial charge on any atom is 0.225 e. The number of hydrogen-bond donors (Lipinski definition) is 1. The summed E-state index contributed by atoms with van der Waals surface area (Å²) in [6, 6.07) is 8.10. The van der Waals surface area contributed by atoms with Gasteiger partial charge in [-0.1, -0.05) is 12.1 Å². The zero-order valence-electron chi connectivity index (χ0n) is 12.6. The summed E-state index contributed by atoms with van der Waals surface area (Å²) in [6.45, 7) is 4.92. The van der Waals surface area contributed by atoms with E-state index >= 15 is 0 Å². The smallest absolute Gasteiger partial charge is 0.225 e. The van der Waals surface area contributed by atoms with Gasteiger partial charge in [0.25, 0.3) is 0 Å². The maximum absolute atomic E-state index is 12.4. The average Bonchev–Trinajstić information content (AvgIpc) is 3.01. The minimum atomic E-state index is 0.250. The van der Waals surface area contributed by atoms with E-state index in [9.17, 15) is 4.79 Å². The highest BCUT2D eigenvalue weighted by atomic mass is 16.2. The Labute approximate surface area is 126 Å². The second-order valence-electron chi connectivity index (χ2n) is 6.33. The molecule has 0 atom stereocenters. The van der Waals surface area contributed by atoms with Gasteiger partial charge in [-0.05, 0) is 56.5 Å². The van der Waals surface area contributed by atoms with Gasteiger partial charge in [-0.25, -0.2) is 0 Å². The molecule has 2 N–H and O–H groups in total. The van der Waals surface area contributed by atoms with Gasteiger partial charge in [0, 0.05) is 31.2 Å². The van der Waals surface area contributed by atoms with E-state index in [1.807, 2.05) is 18.2 Å². The number of anilines is 1. The van der Waals surface area contributed by atoms with Crippen LogP contribution in [0.5, 0.6) is 0 Å². The van der Waals surface area contributed by atoms with Gasteiger partial charge >= 0.3 is 0 Å². The molecule has 0 spiro atoms. The molecule has 21 heavy (non-hydrogen) atoms. The van der Waals surface area contributed by atoms with Crippen molar-refractivity contribution < 1.29 is 4.79 Å². The summed E-state index contributed by atoms with van der Waals surface area (Å²) in [6.07, 6.45) is 4.36. The Morgan fingerprint density at radius 1 is 1.14 bits per heavy atom. The molecule has 0 saturated carbocycles. The summed E-state index contributed by atoms with van der Waals surface area (Å²) in [5, 5.41) is 0. The van der Waals surface area contributed by atoms with Crippen LogP contribution in [0.3, 0.4) is 0 Å². The highest BCUT2D eigenvalue weighted by Gasteiger charge is 2.29. The van der Waals surface area contributed by atoms with Gasteiger partial charge < -0.3 is 10.6 Å². The van der Waals surface area contributed by atoms with Crippen LogP contribution in [0.2, 0.25) is 0 Å². The first kappa shape index (κ1) is 14.4. The van der Waals surface area contributed by atoms with Crippen molar-refractivity contribution in [3.05, 3.63) is 29.8 Å². The van der Waals surface area contributed by atoms with E-state index in [0.29, 0.717) is 5.91 Å². The minimum absolute atomic E-state index is 0.250. The van der Waals surface area contributed by atoms with Crippen LogP contribution in [0, 0.1) is 5.92 Å². The lowest BCUT2D eigenvalue weighted by Gasteiger charge is -2.33. The van der Waals surface area contributed by atoms with Gasteiger partial charge in [0.05, 0.1) is 0 Å². The molecule has 2 fully saturated rings. The van der Waals surface area contributed by atoms with E-state index in [1.54, 1.807) is 0 Å². The van der Waals surface area contributed by atoms with Crippen molar-refractivity contribution in [2.45, 2.75) is 32.2 Å². The third-order valence-electron chi connectivity index (χ3n) is 4.71. The van der Waals surface area contributed by atoms with E-state index in [-0.39, 0.29) is 5.92 Å². The number of nitrogen functional groups attached to an aromatic ring is 1. The molecule has 4 heteroatoms. The lowest BCUT2D eigenvalue weighted by molar-refractivity contribution is -0.136. The van der Waals surface area contributed by atoms with Gasteiger partial charge in [-0.2, -0.15) is 0 Å². The van der Waals surface area contributed by atoms with E-state index in [2.05, 4.69) is 15.9 Å². The third-order valence-corrected chi connectivity index (χ3v) is 4.71. The molecular weight excluding hydrogens is 262 g/mol. The first-order chi connectivity index (χ1) is 10.2. The molecule has 1 aromatic rings. The van der Waals surface area contributed by atoms with Crippen molar-refractivity contribution in [2.24, 2.45) is 5.92 Å². The third kappa shape index (κ3) is 3.56. The zero-order valence-corrected chi connectivity index (χ0v) is 12.6. The molecule has 0 radical (unpaired) electrons. The SMILES string of the molecule is Nc1cccc(CN2CCC(C(=O)N3CCCC3)CC2)c1. The first-order valence-electron chi connectivity index (χ1n) is 8.08. The maximum atomic E-state index is 12.4. The van der Waals surface area contributed by atoms with Crippen molar-refractivity contribution in [3.63, 3.8) is 0 Å². The fraction of sp³-hybridized carbons (Fsp3) is 0.588. The van der Waals surface area contributed by atoms with E-state index in [4.69, 9.17) is 5.73 Å². The van der Waals surface area contributed by atoms with Crippen molar-refractivity contribution in [1.82, 2.24) is 9.80 Å². The molecule has 2 heterocycles. The monoisotopic (exact) mass is 287 g/mol. The van der Waals surface area contributed by atoms with Crippen LogP contribution in [-0.2, 0) is 11.3 Å². The Bertz CT molecular complexity index is 489. The molecule has 1 aromatic carbocycles. The number of carbonyl (C=O) groups is 1. The Morgan fingerprint density at radius 2 is 1.86 bits per heavy atom. The predicted molar refractivity (Wildman–Crippen MR) is 84.7 cm³/mol. The highest BCUT2D eigenvalue weighted by Crippen LogP contribution is 2.23. The van der Waals surface area contributed by atoms with Gasteiger partial charge in [0.1, 0.15) is 0 Å². The quantitative estimate of drug-likeness (QED) is 0.866. The topological polar surface area (TPSA) is 49.6 Å². The number of nitrogens with two attached hydrogens (primary N) is 1. The Morgan fingerprint density at radius 3 is 2.52 bits per heavy atom. The summed E-state index contributed by atoms with van der Waals surface area (Å²) in [5.41, 5.74) is 7.92. The number of amides is 1.